The summed E-state index contributed by atoms with van der Waals surface area (Å²) in [5.74, 6) is -0.355. The lowest BCUT2D eigenvalue weighted by Gasteiger charge is -2.34. The van der Waals surface area contributed by atoms with E-state index in [2.05, 4.69) is 20.5 Å². The van der Waals surface area contributed by atoms with Gasteiger partial charge in [-0.2, -0.15) is 0 Å². The average molecular weight is 495 g/mol. The summed E-state index contributed by atoms with van der Waals surface area (Å²) < 4.78 is 19.8. The lowest BCUT2D eigenvalue weighted by atomic mass is 10.1. The van der Waals surface area contributed by atoms with E-state index in [1.165, 1.54) is 0 Å². The average Bonchev–Trinajstić information content (AvgIpc) is 3.02. The molecular formula is C23H31BrN2O5. The zero-order chi connectivity index (χ0) is 23.0. The van der Waals surface area contributed by atoms with Crippen LogP contribution in [0.5, 0.6) is 0 Å². The van der Waals surface area contributed by atoms with Crippen LogP contribution in [0.1, 0.15) is 51.9 Å². The molecule has 8 heteroatoms. The van der Waals surface area contributed by atoms with Crippen LogP contribution >= 0.6 is 15.9 Å². The number of amides is 1. The minimum Gasteiger partial charge on any atom is -0.456 e. The third-order valence-corrected chi connectivity index (χ3v) is 5.24. The minimum absolute atomic E-state index is 0.158. The second-order valence-electron chi connectivity index (χ2n) is 9.79. The van der Waals surface area contributed by atoms with Gasteiger partial charge in [0.2, 0.25) is 0 Å². The maximum absolute atomic E-state index is 12.5. The molecule has 170 valence electrons. The number of halogens is 1. The zero-order valence-corrected chi connectivity index (χ0v) is 20.6. The van der Waals surface area contributed by atoms with E-state index >= 15 is 0 Å². The molecular weight excluding hydrogens is 464 g/mol. The number of benzene rings is 1. The molecule has 31 heavy (non-hydrogen) atoms. The van der Waals surface area contributed by atoms with Gasteiger partial charge in [0.25, 0.3) is 0 Å². The molecule has 3 rings (SSSR count). The molecule has 1 amide bonds. The van der Waals surface area contributed by atoms with Gasteiger partial charge in [-0.25, -0.2) is 9.59 Å². The first-order chi connectivity index (χ1) is 14.3. The Labute approximate surface area is 191 Å². The second-order valence-corrected chi connectivity index (χ2v) is 10.6. The lowest BCUT2D eigenvalue weighted by molar-refractivity contribution is -0.0469. The predicted octanol–water partition coefficient (Wildman–Crippen LogP) is 5.00. The molecule has 1 aliphatic heterocycles. The smallest absolute Gasteiger partial charge is 0.410 e. The Morgan fingerprint density at radius 1 is 1.13 bits per heavy atom. The van der Waals surface area contributed by atoms with E-state index in [0.717, 1.165) is 15.4 Å². The summed E-state index contributed by atoms with van der Waals surface area (Å²) in [5.41, 5.74) is 0.378. The molecule has 1 aromatic carbocycles. The number of rotatable bonds is 3. The van der Waals surface area contributed by atoms with Gasteiger partial charge >= 0.3 is 12.1 Å². The third kappa shape index (κ3) is 6.23. The van der Waals surface area contributed by atoms with Crippen molar-refractivity contribution in [2.75, 3.05) is 19.7 Å². The number of aromatic nitrogens is 1. The van der Waals surface area contributed by atoms with Gasteiger partial charge in [0.15, 0.2) is 0 Å². The van der Waals surface area contributed by atoms with Crippen molar-refractivity contribution in [1.82, 2.24) is 9.47 Å². The fourth-order valence-electron chi connectivity index (χ4n) is 3.44. The second kappa shape index (κ2) is 8.82. The molecule has 0 aliphatic carbocycles. The Hall–Kier alpha value is -2.06. The molecule has 0 saturated carbocycles. The molecule has 7 nitrogen and oxygen atoms in total. The van der Waals surface area contributed by atoms with E-state index in [1.54, 1.807) is 11.0 Å². The Kier molecular flexibility index (Phi) is 6.72. The number of carbonyl (C=O) groups excluding carboxylic acids is 2. The van der Waals surface area contributed by atoms with Gasteiger partial charge in [0.1, 0.15) is 11.2 Å². The number of ether oxygens (including phenoxy) is 3. The number of nitrogens with zero attached hydrogens (tertiary/aromatic N) is 2. The number of carbonyl (C=O) groups is 2. The molecule has 0 radical (unpaired) electrons. The highest BCUT2D eigenvalue weighted by Crippen LogP contribution is 2.29. The van der Waals surface area contributed by atoms with E-state index in [9.17, 15) is 9.59 Å². The summed E-state index contributed by atoms with van der Waals surface area (Å²) in [5, 5.41) is 0.926. The van der Waals surface area contributed by atoms with Crippen molar-refractivity contribution in [3.8, 4) is 0 Å². The molecule has 1 aromatic heterocycles. The fourth-order valence-corrected chi connectivity index (χ4v) is 4.15. The SMILES string of the molecule is CC(C)(C)OC(=O)c1cc(Br)c2c(ccn2C[C@@H]2CN(C(=O)OC(C)(C)C)CCO2)c1. The van der Waals surface area contributed by atoms with E-state index in [0.29, 0.717) is 31.8 Å². The third-order valence-electron chi connectivity index (χ3n) is 4.64. The van der Waals surface area contributed by atoms with Crippen molar-refractivity contribution in [1.29, 1.82) is 0 Å². The Morgan fingerprint density at radius 2 is 1.81 bits per heavy atom. The summed E-state index contributed by atoms with van der Waals surface area (Å²) in [6, 6.07) is 5.57. The molecule has 2 aromatic rings. The highest BCUT2D eigenvalue weighted by Gasteiger charge is 2.29. The van der Waals surface area contributed by atoms with Gasteiger partial charge in [0.05, 0.1) is 36.9 Å². The summed E-state index contributed by atoms with van der Waals surface area (Å²) in [6.07, 6.45) is 1.49. The van der Waals surface area contributed by atoms with E-state index in [-0.39, 0.29) is 18.2 Å². The van der Waals surface area contributed by atoms with Crippen molar-refractivity contribution < 1.29 is 23.8 Å². The fraction of sp³-hybridized carbons (Fsp3) is 0.565. The summed E-state index contributed by atoms with van der Waals surface area (Å²) in [4.78, 5) is 26.6. The highest BCUT2D eigenvalue weighted by atomic mass is 79.9. The normalized spacial score (nSPS) is 17.6. The van der Waals surface area contributed by atoms with Crippen LogP contribution in [0.15, 0.2) is 28.9 Å². The van der Waals surface area contributed by atoms with Crippen molar-refractivity contribution in [2.24, 2.45) is 0 Å². The first-order valence-electron chi connectivity index (χ1n) is 10.4. The van der Waals surface area contributed by atoms with E-state index in [4.69, 9.17) is 14.2 Å². The molecule has 0 spiro atoms. The summed E-state index contributed by atoms with van der Waals surface area (Å²) >= 11 is 3.60. The van der Waals surface area contributed by atoms with Gasteiger partial charge < -0.3 is 23.7 Å². The van der Waals surface area contributed by atoms with Crippen LogP contribution in [0.2, 0.25) is 0 Å². The van der Waals surface area contributed by atoms with Crippen LogP contribution < -0.4 is 0 Å². The van der Waals surface area contributed by atoms with E-state index < -0.39 is 11.2 Å². The van der Waals surface area contributed by atoms with Gasteiger partial charge in [-0.05, 0) is 75.7 Å². The van der Waals surface area contributed by atoms with Crippen LogP contribution in [0.4, 0.5) is 4.79 Å². The minimum atomic E-state index is -0.553. The van der Waals surface area contributed by atoms with Crippen molar-refractivity contribution >= 4 is 38.9 Å². The number of hydrogen-bond donors (Lipinski definition) is 0. The maximum atomic E-state index is 12.5. The van der Waals surface area contributed by atoms with Crippen LogP contribution in [0.25, 0.3) is 10.9 Å². The largest absolute Gasteiger partial charge is 0.456 e. The van der Waals surface area contributed by atoms with Gasteiger partial charge in [-0.1, -0.05) is 0 Å². The summed E-state index contributed by atoms with van der Waals surface area (Å²) in [6.45, 7) is 13.1. The number of fused-ring (bicyclic) bond motifs is 1. The molecule has 1 atom stereocenters. The molecule has 1 aliphatic rings. The Bertz CT molecular complexity index is 971. The molecule has 0 unspecified atom stereocenters. The molecule has 1 fully saturated rings. The lowest BCUT2D eigenvalue weighted by Crippen LogP contribution is -2.48. The first-order valence-corrected chi connectivity index (χ1v) is 11.2. The number of morpholine rings is 1. The Morgan fingerprint density at radius 3 is 2.45 bits per heavy atom. The maximum Gasteiger partial charge on any atom is 0.410 e. The van der Waals surface area contributed by atoms with Crippen molar-refractivity contribution in [2.45, 2.75) is 65.4 Å². The van der Waals surface area contributed by atoms with Gasteiger partial charge in [0, 0.05) is 22.6 Å². The molecule has 0 N–H and O–H groups in total. The summed E-state index contributed by atoms with van der Waals surface area (Å²) in [7, 11) is 0. The van der Waals surface area contributed by atoms with Crippen molar-refractivity contribution in [3.63, 3.8) is 0 Å². The van der Waals surface area contributed by atoms with Gasteiger partial charge in [-0.15, -0.1) is 0 Å². The number of hydrogen-bond acceptors (Lipinski definition) is 5. The number of esters is 1. The van der Waals surface area contributed by atoms with Crippen LogP contribution in [0.3, 0.4) is 0 Å². The van der Waals surface area contributed by atoms with Crippen LogP contribution in [-0.2, 0) is 20.8 Å². The van der Waals surface area contributed by atoms with Gasteiger partial charge in [-0.3, -0.25) is 0 Å². The van der Waals surface area contributed by atoms with Crippen LogP contribution in [0, 0.1) is 0 Å². The van der Waals surface area contributed by atoms with Crippen LogP contribution in [-0.4, -0.2) is 58.5 Å². The first kappa shape index (κ1) is 23.6. The standard InChI is InChI=1S/C23H31BrN2O5/c1-22(2,3)30-20(27)16-11-15-7-8-25(19(15)18(24)12-16)13-17-14-26(9-10-29-17)21(28)31-23(4,5)6/h7-8,11-12,17H,9-10,13-14H2,1-6H3/t17-/m1/s1. The zero-order valence-electron chi connectivity index (χ0n) is 19.0. The highest BCUT2D eigenvalue weighted by molar-refractivity contribution is 9.10. The quantitative estimate of drug-likeness (QED) is 0.561. The predicted molar refractivity (Wildman–Crippen MR) is 122 cm³/mol. The van der Waals surface area contributed by atoms with E-state index in [1.807, 2.05) is 59.9 Å². The topological polar surface area (TPSA) is 70.0 Å². The monoisotopic (exact) mass is 494 g/mol. The van der Waals surface area contributed by atoms with Crippen molar-refractivity contribution in [3.05, 3.63) is 34.4 Å². The molecule has 0 bridgehead atoms. The molecule has 1 saturated heterocycles. The molecule has 2 heterocycles. The Balaban J connectivity index is 1.75.